The average molecular weight is 226 g/mol. The molecule has 0 radical (unpaired) electrons. The van der Waals surface area contributed by atoms with Crippen molar-refractivity contribution >= 4 is 17.3 Å². The third-order valence-corrected chi connectivity index (χ3v) is 2.18. The number of nitro benzene ring substituents is 1. The zero-order valence-electron chi connectivity index (χ0n) is 7.68. The molecule has 0 amide bonds. The topological polar surface area (TPSA) is 63.4 Å². The average Bonchev–Trinajstić information content (AvgIpc) is 2.18. The molecule has 1 atom stereocenters. The fraction of sp³-hybridized carbons (Fsp3) is 0.200. The quantitative estimate of drug-likeness (QED) is 0.488. The number of hydrogen-bond acceptors (Lipinski definition) is 3. The fourth-order valence-corrected chi connectivity index (χ4v) is 1.29. The second-order valence-electron chi connectivity index (χ2n) is 2.89. The number of aliphatic hydroxyl groups is 1. The summed E-state index contributed by atoms with van der Waals surface area (Å²) in [5.74, 6) is 2.28. The highest BCUT2D eigenvalue weighted by atomic mass is 35.5. The first-order valence-electron chi connectivity index (χ1n) is 4.11. The smallest absolute Gasteiger partial charge is 0.288 e. The van der Waals surface area contributed by atoms with Gasteiger partial charge in [-0.15, -0.1) is 12.3 Å². The maximum absolute atomic E-state index is 10.6. The van der Waals surface area contributed by atoms with Gasteiger partial charge in [0.2, 0.25) is 0 Å². The van der Waals surface area contributed by atoms with Crippen LogP contribution in [-0.4, -0.2) is 10.0 Å². The summed E-state index contributed by atoms with van der Waals surface area (Å²) in [5.41, 5.74) is 0.161. The van der Waals surface area contributed by atoms with Crippen LogP contribution in [0.25, 0.3) is 0 Å². The summed E-state index contributed by atoms with van der Waals surface area (Å²) in [6.45, 7) is 0. The molecule has 0 aromatic heterocycles. The van der Waals surface area contributed by atoms with Crippen molar-refractivity contribution in [3.05, 3.63) is 38.9 Å². The lowest BCUT2D eigenvalue weighted by molar-refractivity contribution is -0.384. The summed E-state index contributed by atoms with van der Waals surface area (Å²) in [6.07, 6.45) is 4.24. The van der Waals surface area contributed by atoms with Crippen LogP contribution in [-0.2, 0) is 0 Å². The molecule has 1 N–H and O–H groups in total. The van der Waals surface area contributed by atoms with Crippen molar-refractivity contribution in [2.75, 3.05) is 0 Å². The van der Waals surface area contributed by atoms with Gasteiger partial charge in [0.1, 0.15) is 5.02 Å². The van der Waals surface area contributed by atoms with E-state index < -0.39 is 11.0 Å². The molecule has 1 rings (SSSR count). The minimum atomic E-state index is -0.897. The van der Waals surface area contributed by atoms with Crippen LogP contribution in [0, 0.1) is 22.5 Å². The molecule has 0 saturated carbocycles. The first-order chi connectivity index (χ1) is 7.06. The van der Waals surface area contributed by atoms with Crippen molar-refractivity contribution in [2.24, 2.45) is 0 Å². The number of nitrogens with zero attached hydrogens (tertiary/aromatic N) is 1. The van der Waals surface area contributed by atoms with E-state index in [0.717, 1.165) is 0 Å². The van der Waals surface area contributed by atoms with Gasteiger partial charge in [-0.3, -0.25) is 10.1 Å². The van der Waals surface area contributed by atoms with E-state index >= 15 is 0 Å². The molecule has 0 heterocycles. The van der Waals surface area contributed by atoms with E-state index in [9.17, 15) is 15.2 Å². The lowest BCUT2D eigenvalue weighted by Gasteiger charge is -2.07. The molecule has 1 aromatic rings. The Balaban J connectivity index is 3.08. The van der Waals surface area contributed by atoms with Gasteiger partial charge in [-0.05, 0) is 11.6 Å². The lowest BCUT2D eigenvalue weighted by Crippen LogP contribution is -1.98. The van der Waals surface area contributed by atoms with Gasteiger partial charge in [0.25, 0.3) is 5.69 Å². The molecule has 0 bridgehead atoms. The number of benzene rings is 1. The van der Waals surface area contributed by atoms with Gasteiger partial charge < -0.3 is 5.11 Å². The Labute approximate surface area is 91.6 Å². The van der Waals surface area contributed by atoms with Crippen LogP contribution in [0.1, 0.15) is 18.1 Å². The number of halogens is 1. The van der Waals surface area contributed by atoms with Crippen LogP contribution < -0.4 is 0 Å². The van der Waals surface area contributed by atoms with E-state index in [1.165, 1.54) is 18.2 Å². The minimum absolute atomic E-state index is 0.0386. The number of aliphatic hydroxyl groups excluding tert-OH is 1. The van der Waals surface area contributed by atoms with E-state index in [0.29, 0.717) is 5.56 Å². The second kappa shape index (κ2) is 4.78. The van der Waals surface area contributed by atoms with Crippen LogP contribution in [0.5, 0.6) is 0 Å². The molecule has 4 nitrogen and oxygen atoms in total. The second-order valence-corrected chi connectivity index (χ2v) is 3.30. The monoisotopic (exact) mass is 225 g/mol. The molecule has 0 aliphatic heterocycles. The zero-order chi connectivity index (χ0) is 11.4. The standard InChI is InChI=1S/C10H8ClNO3/c1-2-3-10(13)7-4-5-8(11)9(6-7)12(14)15/h1,4-6,10,13H,3H2. The van der Waals surface area contributed by atoms with Gasteiger partial charge in [-0.25, -0.2) is 0 Å². The fourth-order valence-electron chi connectivity index (χ4n) is 1.11. The van der Waals surface area contributed by atoms with Crippen molar-refractivity contribution in [3.63, 3.8) is 0 Å². The summed E-state index contributed by atoms with van der Waals surface area (Å²) >= 11 is 5.61. The molecule has 1 unspecified atom stereocenters. The highest BCUT2D eigenvalue weighted by molar-refractivity contribution is 6.32. The van der Waals surface area contributed by atoms with Gasteiger partial charge in [0, 0.05) is 12.5 Å². The van der Waals surface area contributed by atoms with Crippen LogP contribution in [0.15, 0.2) is 18.2 Å². The molecular weight excluding hydrogens is 218 g/mol. The Bertz CT molecular complexity index is 425. The number of terminal acetylenes is 1. The summed E-state index contributed by atoms with van der Waals surface area (Å²) in [6, 6.07) is 4.11. The first-order valence-corrected chi connectivity index (χ1v) is 4.49. The molecular formula is C10H8ClNO3. The third kappa shape index (κ3) is 2.69. The van der Waals surface area contributed by atoms with E-state index in [-0.39, 0.29) is 17.1 Å². The third-order valence-electron chi connectivity index (χ3n) is 1.86. The van der Waals surface area contributed by atoms with Crippen LogP contribution >= 0.6 is 11.6 Å². The normalized spacial score (nSPS) is 11.8. The van der Waals surface area contributed by atoms with Crippen molar-refractivity contribution in [1.29, 1.82) is 0 Å². The SMILES string of the molecule is C#CCC(O)c1ccc(Cl)c([N+](=O)[O-])c1. The Kier molecular flexibility index (Phi) is 3.67. The largest absolute Gasteiger partial charge is 0.387 e. The van der Waals surface area contributed by atoms with Crippen molar-refractivity contribution in [1.82, 2.24) is 0 Å². The Morgan fingerprint density at radius 2 is 2.33 bits per heavy atom. The van der Waals surface area contributed by atoms with Gasteiger partial charge in [0.15, 0.2) is 0 Å². The Morgan fingerprint density at radius 1 is 1.67 bits per heavy atom. The summed E-state index contributed by atoms with van der Waals surface area (Å²) in [4.78, 5) is 9.95. The lowest BCUT2D eigenvalue weighted by atomic mass is 10.1. The Hall–Kier alpha value is -1.57. The van der Waals surface area contributed by atoms with Gasteiger partial charge in [-0.1, -0.05) is 17.7 Å². The molecule has 0 aliphatic carbocycles. The summed E-state index contributed by atoms with van der Waals surface area (Å²) < 4.78 is 0. The minimum Gasteiger partial charge on any atom is -0.387 e. The maximum atomic E-state index is 10.6. The van der Waals surface area contributed by atoms with Gasteiger partial charge in [0.05, 0.1) is 11.0 Å². The highest BCUT2D eigenvalue weighted by Gasteiger charge is 2.15. The van der Waals surface area contributed by atoms with Gasteiger partial charge >= 0.3 is 0 Å². The molecule has 15 heavy (non-hydrogen) atoms. The maximum Gasteiger partial charge on any atom is 0.288 e. The molecule has 0 saturated heterocycles. The summed E-state index contributed by atoms with van der Waals surface area (Å²) in [7, 11) is 0. The first kappa shape index (κ1) is 11.5. The molecule has 5 heteroatoms. The van der Waals surface area contributed by atoms with E-state index in [1.54, 1.807) is 0 Å². The molecule has 78 valence electrons. The van der Waals surface area contributed by atoms with Crippen LogP contribution in [0.3, 0.4) is 0 Å². The van der Waals surface area contributed by atoms with Crippen molar-refractivity contribution < 1.29 is 10.0 Å². The van der Waals surface area contributed by atoms with E-state index in [4.69, 9.17) is 18.0 Å². The molecule has 1 aromatic carbocycles. The number of hydrogen-bond donors (Lipinski definition) is 1. The zero-order valence-corrected chi connectivity index (χ0v) is 8.44. The molecule has 0 fully saturated rings. The van der Waals surface area contributed by atoms with Crippen LogP contribution in [0.2, 0.25) is 5.02 Å². The Morgan fingerprint density at radius 3 is 2.87 bits per heavy atom. The molecule has 0 spiro atoms. The highest BCUT2D eigenvalue weighted by Crippen LogP contribution is 2.28. The molecule has 0 aliphatic rings. The predicted octanol–water partition coefficient (Wildman–Crippen LogP) is 2.30. The summed E-state index contributed by atoms with van der Waals surface area (Å²) in [5, 5.41) is 20.1. The van der Waals surface area contributed by atoms with E-state index in [1.807, 2.05) is 0 Å². The number of rotatable bonds is 3. The van der Waals surface area contributed by atoms with Crippen molar-refractivity contribution in [3.8, 4) is 12.3 Å². The number of nitro groups is 1. The van der Waals surface area contributed by atoms with Crippen LogP contribution in [0.4, 0.5) is 5.69 Å². The predicted molar refractivity (Wildman–Crippen MR) is 56.5 cm³/mol. The van der Waals surface area contributed by atoms with Gasteiger partial charge in [-0.2, -0.15) is 0 Å². The van der Waals surface area contributed by atoms with E-state index in [2.05, 4.69) is 5.92 Å². The van der Waals surface area contributed by atoms with Crippen molar-refractivity contribution in [2.45, 2.75) is 12.5 Å².